The minimum Gasteiger partial charge on any atom is -0.386 e. The van der Waals surface area contributed by atoms with Crippen molar-refractivity contribution in [3.63, 3.8) is 0 Å². The predicted molar refractivity (Wildman–Crippen MR) is 97.2 cm³/mol. The lowest BCUT2D eigenvalue weighted by Gasteiger charge is -2.29. The SMILES string of the molecule is COC(C1CCCN1)C(C)C(=O)NC(C)C(O)c1ccccc1.Cl. The fourth-order valence-corrected chi connectivity index (χ4v) is 3.23. The number of carbonyl (C=O) groups is 1. The van der Waals surface area contributed by atoms with Crippen LogP contribution in [0.15, 0.2) is 30.3 Å². The number of nitrogens with one attached hydrogen (secondary N) is 2. The van der Waals surface area contributed by atoms with Crippen molar-refractivity contribution in [3.8, 4) is 0 Å². The van der Waals surface area contributed by atoms with Gasteiger partial charge in [-0.15, -0.1) is 12.4 Å². The van der Waals surface area contributed by atoms with Crippen LogP contribution in [-0.2, 0) is 9.53 Å². The third-order valence-corrected chi connectivity index (χ3v) is 4.66. The summed E-state index contributed by atoms with van der Waals surface area (Å²) in [4.78, 5) is 12.5. The average molecular weight is 357 g/mol. The molecule has 1 aliphatic heterocycles. The molecule has 0 aliphatic carbocycles. The van der Waals surface area contributed by atoms with E-state index in [2.05, 4.69) is 10.6 Å². The second kappa shape index (κ2) is 9.99. The zero-order valence-corrected chi connectivity index (χ0v) is 15.4. The molecule has 136 valence electrons. The van der Waals surface area contributed by atoms with Crippen LogP contribution in [0.1, 0.15) is 38.4 Å². The number of aliphatic hydroxyl groups excluding tert-OH is 1. The van der Waals surface area contributed by atoms with Crippen molar-refractivity contribution in [2.24, 2.45) is 5.92 Å². The van der Waals surface area contributed by atoms with Gasteiger partial charge in [-0.25, -0.2) is 0 Å². The molecule has 2 rings (SSSR count). The van der Waals surface area contributed by atoms with Crippen molar-refractivity contribution < 1.29 is 14.6 Å². The Morgan fingerprint density at radius 3 is 2.54 bits per heavy atom. The first-order valence-corrected chi connectivity index (χ1v) is 8.34. The molecule has 1 amide bonds. The van der Waals surface area contributed by atoms with Crippen LogP contribution in [0.5, 0.6) is 0 Å². The summed E-state index contributed by atoms with van der Waals surface area (Å²) < 4.78 is 5.56. The summed E-state index contributed by atoms with van der Waals surface area (Å²) in [6.07, 6.45) is 1.26. The zero-order chi connectivity index (χ0) is 16.8. The van der Waals surface area contributed by atoms with Crippen LogP contribution in [0, 0.1) is 5.92 Å². The molecule has 0 bridgehead atoms. The number of amides is 1. The van der Waals surface area contributed by atoms with Gasteiger partial charge in [-0.05, 0) is 31.9 Å². The quantitative estimate of drug-likeness (QED) is 0.699. The third-order valence-electron chi connectivity index (χ3n) is 4.66. The Morgan fingerprint density at radius 1 is 1.33 bits per heavy atom. The van der Waals surface area contributed by atoms with E-state index in [4.69, 9.17) is 4.74 Å². The van der Waals surface area contributed by atoms with E-state index in [0.717, 1.165) is 24.9 Å². The molecule has 1 fully saturated rings. The molecule has 1 aromatic carbocycles. The number of halogens is 1. The van der Waals surface area contributed by atoms with Gasteiger partial charge in [0.25, 0.3) is 0 Å². The summed E-state index contributed by atoms with van der Waals surface area (Å²) in [5.74, 6) is -0.367. The summed E-state index contributed by atoms with van der Waals surface area (Å²) in [6.45, 7) is 4.67. The average Bonchev–Trinajstić information content (AvgIpc) is 3.09. The zero-order valence-electron chi connectivity index (χ0n) is 14.6. The first kappa shape index (κ1) is 20.9. The number of hydrogen-bond acceptors (Lipinski definition) is 4. The number of methoxy groups -OCH3 is 1. The molecule has 0 radical (unpaired) electrons. The fourth-order valence-electron chi connectivity index (χ4n) is 3.23. The van der Waals surface area contributed by atoms with Crippen molar-refractivity contribution in [1.29, 1.82) is 0 Å². The monoisotopic (exact) mass is 356 g/mol. The molecule has 1 aromatic rings. The smallest absolute Gasteiger partial charge is 0.225 e. The summed E-state index contributed by atoms with van der Waals surface area (Å²) in [5, 5.41) is 16.7. The van der Waals surface area contributed by atoms with E-state index in [1.807, 2.05) is 44.2 Å². The molecule has 5 atom stereocenters. The highest BCUT2D eigenvalue weighted by molar-refractivity contribution is 5.85. The number of benzene rings is 1. The molecule has 0 saturated carbocycles. The first-order chi connectivity index (χ1) is 11.0. The van der Waals surface area contributed by atoms with Crippen LogP contribution in [0.2, 0.25) is 0 Å². The molecule has 1 heterocycles. The van der Waals surface area contributed by atoms with Gasteiger partial charge in [0, 0.05) is 13.2 Å². The number of aliphatic hydroxyl groups is 1. The molecule has 0 spiro atoms. The van der Waals surface area contributed by atoms with Crippen molar-refractivity contribution >= 4 is 18.3 Å². The number of hydrogen-bond donors (Lipinski definition) is 3. The van der Waals surface area contributed by atoms with Gasteiger partial charge < -0.3 is 20.5 Å². The van der Waals surface area contributed by atoms with Crippen LogP contribution in [0.25, 0.3) is 0 Å². The van der Waals surface area contributed by atoms with Crippen molar-refractivity contribution in [2.75, 3.05) is 13.7 Å². The Morgan fingerprint density at radius 2 is 2.00 bits per heavy atom. The van der Waals surface area contributed by atoms with Crippen molar-refractivity contribution in [2.45, 2.75) is 51.0 Å². The van der Waals surface area contributed by atoms with E-state index in [0.29, 0.717) is 0 Å². The maximum atomic E-state index is 12.5. The van der Waals surface area contributed by atoms with Crippen molar-refractivity contribution in [1.82, 2.24) is 10.6 Å². The van der Waals surface area contributed by atoms with E-state index < -0.39 is 6.10 Å². The summed E-state index contributed by atoms with van der Waals surface area (Å²) in [6, 6.07) is 9.23. The van der Waals surface area contributed by atoms with Gasteiger partial charge in [0.05, 0.1) is 24.2 Å². The van der Waals surface area contributed by atoms with E-state index in [-0.39, 0.29) is 42.4 Å². The number of ether oxygens (including phenoxy) is 1. The molecule has 3 N–H and O–H groups in total. The van der Waals surface area contributed by atoms with Crippen LogP contribution in [0.4, 0.5) is 0 Å². The lowest BCUT2D eigenvalue weighted by atomic mass is 9.94. The molecule has 6 heteroatoms. The van der Waals surface area contributed by atoms with Gasteiger partial charge >= 0.3 is 0 Å². The van der Waals surface area contributed by atoms with Gasteiger partial charge in [0.2, 0.25) is 5.91 Å². The number of rotatable bonds is 7. The molecule has 1 saturated heterocycles. The van der Waals surface area contributed by atoms with Crippen molar-refractivity contribution in [3.05, 3.63) is 35.9 Å². The Hall–Kier alpha value is -1.14. The Bertz CT molecular complexity index is 494. The van der Waals surface area contributed by atoms with Gasteiger partial charge in [-0.2, -0.15) is 0 Å². The second-order valence-corrected chi connectivity index (χ2v) is 6.34. The van der Waals surface area contributed by atoms with Crippen LogP contribution >= 0.6 is 12.4 Å². The van der Waals surface area contributed by atoms with Crippen LogP contribution in [-0.4, -0.2) is 42.9 Å². The van der Waals surface area contributed by atoms with E-state index >= 15 is 0 Å². The normalized spacial score (nSPS) is 22.1. The Labute approximate surface area is 150 Å². The second-order valence-electron chi connectivity index (χ2n) is 6.34. The van der Waals surface area contributed by atoms with Gasteiger partial charge in [-0.1, -0.05) is 37.3 Å². The summed E-state index contributed by atoms with van der Waals surface area (Å²) >= 11 is 0. The molecular formula is C18H29ClN2O3. The van der Waals surface area contributed by atoms with Crippen LogP contribution in [0.3, 0.4) is 0 Å². The lowest BCUT2D eigenvalue weighted by molar-refractivity contribution is -0.131. The third kappa shape index (κ3) is 5.18. The van der Waals surface area contributed by atoms with Gasteiger partial charge in [0.15, 0.2) is 0 Å². The lowest BCUT2D eigenvalue weighted by Crippen LogP contribution is -2.48. The maximum absolute atomic E-state index is 12.5. The summed E-state index contributed by atoms with van der Waals surface area (Å²) in [7, 11) is 1.65. The largest absolute Gasteiger partial charge is 0.386 e. The molecule has 0 aromatic heterocycles. The standard InChI is InChI=1S/C18H28N2O3.ClH/c1-12(17(23-3)15-10-7-11-19-15)18(22)20-13(2)16(21)14-8-5-4-6-9-14;/h4-6,8-9,12-13,15-17,19,21H,7,10-11H2,1-3H3,(H,20,22);1H. The molecule has 5 nitrogen and oxygen atoms in total. The Kier molecular flexibility index (Phi) is 8.70. The highest BCUT2D eigenvalue weighted by Crippen LogP contribution is 2.20. The number of carbonyl (C=O) groups excluding carboxylic acids is 1. The molecule has 5 unspecified atom stereocenters. The minimum atomic E-state index is -0.724. The fraction of sp³-hybridized carbons (Fsp3) is 0.611. The van der Waals surface area contributed by atoms with E-state index in [1.54, 1.807) is 7.11 Å². The molecule has 1 aliphatic rings. The highest BCUT2D eigenvalue weighted by atomic mass is 35.5. The Balaban J connectivity index is 0.00000288. The molecular weight excluding hydrogens is 328 g/mol. The topological polar surface area (TPSA) is 70.6 Å². The van der Waals surface area contributed by atoms with Crippen LogP contribution < -0.4 is 10.6 Å². The highest BCUT2D eigenvalue weighted by Gasteiger charge is 2.33. The first-order valence-electron chi connectivity index (χ1n) is 8.34. The summed E-state index contributed by atoms with van der Waals surface area (Å²) in [5.41, 5.74) is 0.800. The van der Waals surface area contributed by atoms with Gasteiger partial charge in [0.1, 0.15) is 0 Å². The van der Waals surface area contributed by atoms with Gasteiger partial charge in [-0.3, -0.25) is 4.79 Å². The van der Waals surface area contributed by atoms with E-state index in [1.165, 1.54) is 0 Å². The van der Waals surface area contributed by atoms with E-state index in [9.17, 15) is 9.90 Å². The maximum Gasteiger partial charge on any atom is 0.225 e. The molecule has 24 heavy (non-hydrogen) atoms. The predicted octanol–water partition coefficient (Wildman–Crippen LogP) is 2.05. The minimum absolute atomic E-state index is 0.